The highest BCUT2D eigenvalue weighted by Crippen LogP contribution is 2.24. The Morgan fingerprint density at radius 2 is 2.24 bits per heavy atom. The molecule has 1 fully saturated rings. The number of carbonyl (C=O) groups excluding carboxylic acids is 1. The van der Waals surface area contributed by atoms with Crippen molar-refractivity contribution in [3.8, 4) is 0 Å². The summed E-state index contributed by atoms with van der Waals surface area (Å²) in [4.78, 5) is 14.8. The van der Waals surface area contributed by atoms with Crippen molar-refractivity contribution >= 4 is 5.91 Å². The number of rotatable bonds is 4. The first-order chi connectivity index (χ1) is 10.0. The Kier molecular flexibility index (Phi) is 5.28. The minimum atomic E-state index is -0.383. The van der Waals surface area contributed by atoms with E-state index in [2.05, 4.69) is 10.2 Å². The number of aliphatic hydroxyl groups is 1. The van der Waals surface area contributed by atoms with Gasteiger partial charge in [0.1, 0.15) is 0 Å². The summed E-state index contributed by atoms with van der Waals surface area (Å²) in [6.45, 7) is 6.39. The Labute approximate surface area is 126 Å². The molecule has 5 nitrogen and oxygen atoms in total. The standard InChI is InChI=1S/C16H25N3O2/c1-4-15-14(9-11(2)17-18-15)16(21)19-8-6-5-7-13(19)10-12(3)20/h9,12-13,20H,4-8,10H2,1-3H3. The van der Waals surface area contributed by atoms with Gasteiger partial charge in [-0.1, -0.05) is 6.92 Å². The van der Waals surface area contributed by atoms with E-state index in [1.807, 2.05) is 24.8 Å². The molecule has 2 rings (SSSR count). The molecule has 5 heteroatoms. The van der Waals surface area contributed by atoms with E-state index in [-0.39, 0.29) is 18.1 Å². The Hall–Kier alpha value is -1.49. The lowest BCUT2D eigenvalue weighted by Gasteiger charge is -2.36. The minimum Gasteiger partial charge on any atom is -0.393 e. The van der Waals surface area contributed by atoms with E-state index in [0.29, 0.717) is 18.4 Å². The van der Waals surface area contributed by atoms with E-state index in [0.717, 1.165) is 37.2 Å². The third kappa shape index (κ3) is 3.79. The topological polar surface area (TPSA) is 66.3 Å². The van der Waals surface area contributed by atoms with Crippen molar-refractivity contribution in [2.75, 3.05) is 6.54 Å². The highest BCUT2D eigenvalue weighted by molar-refractivity contribution is 5.95. The molecule has 0 spiro atoms. The summed E-state index contributed by atoms with van der Waals surface area (Å²) >= 11 is 0. The molecule has 0 radical (unpaired) electrons. The Morgan fingerprint density at radius 3 is 2.90 bits per heavy atom. The van der Waals surface area contributed by atoms with Crippen LogP contribution in [0.1, 0.15) is 61.3 Å². The quantitative estimate of drug-likeness (QED) is 0.922. The number of aliphatic hydroxyl groups excluding tert-OH is 1. The number of amides is 1. The largest absolute Gasteiger partial charge is 0.393 e. The summed E-state index contributed by atoms with van der Waals surface area (Å²) < 4.78 is 0. The van der Waals surface area contributed by atoms with Crippen molar-refractivity contribution in [2.24, 2.45) is 0 Å². The molecule has 2 unspecified atom stereocenters. The SMILES string of the molecule is CCc1nnc(C)cc1C(=O)N1CCCCC1CC(C)O. The summed E-state index contributed by atoms with van der Waals surface area (Å²) in [5, 5.41) is 17.9. The lowest BCUT2D eigenvalue weighted by molar-refractivity contribution is 0.0513. The van der Waals surface area contributed by atoms with Gasteiger partial charge in [-0.3, -0.25) is 4.79 Å². The molecule has 2 atom stereocenters. The van der Waals surface area contributed by atoms with Gasteiger partial charge in [-0.15, -0.1) is 0 Å². The van der Waals surface area contributed by atoms with Crippen LogP contribution in [0, 0.1) is 6.92 Å². The van der Waals surface area contributed by atoms with Gasteiger partial charge in [-0.05, 0) is 52.0 Å². The highest BCUT2D eigenvalue weighted by atomic mass is 16.3. The smallest absolute Gasteiger partial charge is 0.256 e. The van der Waals surface area contributed by atoms with Crippen LogP contribution in [-0.4, -0.2) is 44.8 Å². The van der Waals surface area contributed by atoms with Gasteiger partial charge in [0.15, 0.2) is 0 Å². The second kappa shape index (κ2) is 6.98. The van der Waals surface area contributed by atoms with Crippen molar-refractivity contribution in [3.63, 3.8) is 0 Å². The van der Waals surface area contributed by atoms with Crippen LogP contribution in [0.4, 0.5) is 0 Å². The maximum Gasteiger partial charge on any atom is 0.256 e. The molecule has 1 aromatic heterocycles. The number of piperidine rings is 1. The number of likely N-dealkylation sites (tertiary alicyclic amines) is 1. The van der Waals surface area contributed by atoms with Gasteiger partial charge >= 0.3 is 0 Å². The Morgan fingerprint density at radius 1 is 1.48 bits per heavy atom. The molecule has 0 aromatic carbocycles. The van der Waals surface area contributed by atoms with Gasteiger partial charge in [0.2, 0.25) is 0 Å². The fourth-order valence-corrected chi connectivity index (χ4v) is 3.02. The minimum absolute atomic E-state index is 0.0372. The van der Waals surface area contributed by atoms with Crippen molar-refractivity contribution in [3.05, 3.63) is 23.0 Å². The van der Waals surface area contributed by atoms with Crippen LogP contribution in [0.15, 0.2) is 6.07 Å². The van der Waals surface area contributed by atoms with E-state index in [4.69, 9.17) is 0 Å². The van der Waals surface area contributed by atoms with Crippen molar-refractivity contribution in [1.29, 1.82) is 0 Å². The fraction of sp³-hybridized carbons (Fsp3) is 0.688. The zero-order valence-electron chi connectivity index (χ0n) is 13.2. The number of hydrogen-bond donors (Lipinski definition) is 1. The molecule has 2 heterocycles. The van der Waals surface area contributed by atoms with E-state index < -0.39 is 0 Å². The second-order valence-electron chi connectivity index (χ2n) is 5.93. The highest BCUT2D eigenvalue weighted by Gasteiger charge is 2.29. The van der Waals surface area contributed by atoms with Gasteiger partial charge in [-0.25, -0.2) is 0 Å². The fourth-order valence-electron chi connectivity index (χ4n) is 3.02. The summed E-state index contributed by atoms with van der Waals surface area (Å²) in [6, 6.07) is 1.96. The Bertz CT molecular complexity index is 502. The predicted molar refractivity (Wildman–Crippen MR) is 81.1 cm³/mol. The van der Waals surface area contributed by atoms with Crippen LogP contribution in [0.25, 0.3) is 0 Å². The molecule has 1 aromatic rings. The number of nitrogens with zero attached hydrogens (tertiary/aromatic N) is 3. The van der Waals surface area contributed by atoms with E-state index in [1.165, 1.54) is 0 Å². The number of carbonyl (C=O) groups is 1. The van der Waals surface area contributed by atoms with Crippen LogP contribution in [0.2, 0.25) is 0 Å². The third-order valence-electron chi connectivity index (χ3n) is 4.06. The van der Waals surface area contributed by atoms with E-state index >= 15 is 0 Å². The first kappa shape index (κ1) is 15.9. The molecule has 1 saturated heterocycles. The molecular formula is C16H25N3O2. The number of aryl methyl sites for hydroxylation is 2. The molecule has 1 aliphatic rings. The lowest BCUT2D eigenvalue weighted by atomic mass is 9.96. The summed E-state index contributed by atoms with van der Waals surface area (Å²) in [7, 11) is 0. The first-order valence-electron chi connectivity index (χ1n) is 7.85. The molecular weight excluding hydrogens is 266 g/mol. The number of aromatic nitrogens is 2. The van der Waals surface area contributed by atoms with E-state index in [1.54, 1.807) is 6.92 Å². The summed E-state index contributed by atoms with van der Waals surface area (Å²) in [5.41, 5.74) is 2.19. The third-order valence-corrected chi connectivity index (χ3v) is 4.06. The average molecular weight is 291 g/mol. The summed E-state index contributed by atoms with van der Waals surface area (Å²) in [5.74, 6) is 0.0372. The molecule has 116 valence electrons. The molecule has 1 aliphatic heterocycles. The number of hydrogen-bond acceptors (Lipinski definition) is 4. The van der Waals surface area contributed by atoms with Gasteiger partial charge in [0, 0.05) is 12.6 Å². The van der Waals surface area contributed by atoms with Crippen LogP contribution in [0.5, 0.6) is 0 Å². The van der Waals surface area contributed by atoms with Crippen LogP contribution >= 0.6 is 0 Å². The average Bonchev–Trinajstić information content (AvgIpc) is 2.46. The van der Waals surface area contributed by atoms with Crippen molar-refractivity contribution < 1.29 is 9.90 Å². The van der Waals surface area contributed by atoms with Crippen molar-refractivity contribution in [2.45, 2.75) is 65.0 Å². The summed E-state index contributed by atoms with van der Waals surface area (Å²) in [6.07, 6.45) is 4.08. The second-order valence-corrected chi connectivity index (χ2v) is 5.93. The van der Waals surface area contributed by atoms with Gasteiger partial charge in [0.05, 0.1) is 23.1 Å². The maximum absolute atomic E-state index is 12.9. The zero-order chi connectivity index (χ0) is 15.4. The molecule has 0 bridgehead atoms. The Balaban J connectivity index is 2.26. The molecule has 0 saturated carbocycles. The van der Waals surface area contributed by atoms with E-state index in [9.17, 15) is 9.90 Å². The first-order valence-corrected chi connectivity index (χ1v) is 7.85. The molecule has 21 heavy (non-hydrogen) atoms. The van der Waals surface area contributed by atoms with Gasteiger partial charge in [-0.2, -0.15) is 10.2 Å². The van der Waals surface area contributed by atoms with Crippen LogP contribution in [0.3, 0.4) is 0 Å². The van der Waals surface area contributed by atoms with Crippen LogP contribution < -0.4 is 0 Å². The van der Waals surface area contributed by atoms with Gasteiger partial charge < -0.3 is 10.0 Å². The lowest BCUT2D eigenvalue weighted by Crippen LogP contribution is -2.45. The van der Waals surface area contributed by atoms with Crippen LogP contribution in [-0.2, 0) is 6.42 Å². The molecule has 1 amide bonds. The molecule has 1 N–H and O–H groups in total. The predicted octanol–water partition coefficient (Wildman–Crippen LogP) is 2.11. The zero-order valence-corrected chi connectivity index (χ0v) is 13.2. The van der Waals surface area contributed by atoms with Gasteiger partial charge in [0.25, 0.3) is 5.91 Å². The normalized spacial score (nSPS) is 20.4. The van der Waals surface area contributed by atoms with Crippen molar-refractivity contribution in [1.82, 2.24) is 15.1 Å². The maximum atomic E-state index is 12.9. The monoisotopic (exact) mass is 291 g/mol. The molecule has 0 aliphatic carbocycles.